The van der Waals surface area contributed by atoms with Crippen LogP contribution in [0.1, 0.15) is 41.7 Å². The molecule has 2 aromatic heterocycles. The lowest BCUT2D eigenvalue weighted by atomic mass is 10.2. The van der Waals surface area contributed by atoms with E-state index in [4.69, 9.17) is 10.2 Å². The number of nitrogens with two attached hydrogens (primary N) is 1. The Balaban J connectivity index is 2.07. The summed E-state index contributed by atoms with van der Waals surface area (Å²) in [6, 6.07) is 0. The molecule has 2 rings (SSSR count). The average molecular weight is 277 g/mol. The van der Waals surface area contributed by atoms with Gasteiger partial charge in [0, 0.05) is 13.5 Å². The normalized spacial score (nSPS) is 10.8. The van der Waals surface area contributed by atoms with Crippen LogP contribution in [-0.4, -0.2) is 20.7 Å². The van der Waals surface area contributed by atoms with Crippen LogP contribution in [0, 0.1) is 0 Å². The van der Waals surface area contributed by atoms with Crippen LogP contribution in [0.25, 0.3) is 0 Å². The number of carbonyl (C=O) groups is 1. The Kier molecular flexibility index (Phi) is 4.07. The van der Waals surface area contributed by atoms with Gasteiger partial charge in [-0.1, -0.05) is 13.8 Å². The fourth-order valence-corrected chi connectivity index (χ4v) is 1.96. The summed E-state index contributed by atoms with van der Waals surface area (Å²) < 4.78 is 6.92. The van der Waals surface area contributed by atoms with Gasteiger partial charge in [-0.25, -0.2) is 4.98 Å². The summed E-state index contributed by atoms with van der Waals surface area (Å²) in [6.07, 6.45) is 3.12. The van der Waals surface area contributed by atoms with E-state index in [2.05, 4.69) is 15.4 Å². The molecule has 7 heteroatoms. The molecule has 0 fully saturated rings. The summed E-state index contributed by atoms with van der Waals surface area (Å²) in [6.45, 7) is 4.15. The highest BCUT2D eigenvalue weighted by molar-refractivity contribution is 5.97. The van der Waals surface area contributed by atoms with Crippen molar-refractivity contribution in [1.82, 2.24) is 20.1 Å². The van der Waals surface area contributed by atoms with Crippen molar-refractivity contribution in [2.75, 3.05) is 5.73 Å². The lowest BCUT2D eigenvalue weighted by Crippen LogP contribution is -2.26. The van der Waals surface area contributed by atoms with Gasteiger partial charge in [0.1, 0.15) is 11.5 Å². The molecule has 7 nitrogen and oxygen atoms in total. The van der Waals surface area contributed by atoms with Gasteiger partial charge in [-0.2, -0.15) is 5.10 Å². The van der Waals surface area contributed by atoms with Crippen LogP contribution in [0.5, 0.6) is 0 Å². The number of oxazole rings is 1. The number of rotatable bonds is 5. The van der Waals surface area contributed by atoms with Gasteiger partial charge < -0.3 is 15.5 Å². The van der Waals surface area contributed by atoms with Crippen molar-refractivity contribution in [1.29, 1.82) is 0 Å². The number of hydrogen-bond acceptors (Lipinski definition) is 5. The standard InChI is InChI=1S/C13H19N5O2/c1-4-8-6-15-10(20-8)7-16-13(19)12-11(14)9(5-2)17-18(12)3/h6H,4-5,7,14H2,1-3H3,(H,16,19). The maximum atomic E-state index is 12.1. The van der Waals surface area contributed by atoms with E-state index in [0.29, 0.717) is 23.7 Å². The Labute approximate surface area is 117 Å². The Hall–Kier alpha value is -2.31. The fraction of sp³-hybridized carbons (Fsp3) is 0.462. The number of aryl methyl sites for hydroxylation is 3. The van der Waals surface area contributed by atoms with E-state index in [9.17, 15) is 4.79 Å². The van der Waals surface area contributed by atoms with Gasteiger partial charge in [0.05, 0.1) is 24.1 Å². The van der Waals surface area contributed by atoms with E-state index in [0.717, 1.165) is 17.9 Å². The topological polar surface area (TPSA) is 99.0 Å². The molecule has 0 saturated carbocycles. The first-order valence-electron chi connectivity index (χ1n) is 6.59. The summed E-state index contributed by atoms with van der Waals surface area (Å²) >= 11 is 0. The average Bonchev–Trinajstić information content (AvgIpc) is 3.00. The van der Waals surface area contributed by atoms with Crippen LogP contribution in [-0.2, 0) is 26.4 Å². The predicted molar refractivity (Wildman–Crippen MR) is 74.0 cm³/mol. The predicted octanol–water partition coefficient (Wildman–Crippen LogP) is 1.05. The molecule has 0 aliphatic carbocycles. The monoisotopic (exact) mass is 277 g/mol. The minimum atomic E-state index is -0.284. The minimum absolute atomic E-state index is 0.227. The van der Waals surface area contributed by atoms with E-state index >= 15 is 0 Å². The molecule has 0 saturated heterocycles. The second-order valence-electron chi connectivity index (χ2n) is 4.44. The highest BCUT2D eigenvalue weighted by Crippen LogP contribution is 2.16. The number of nitrogen functional groups attached to an aromatic ring is 1. The highest BCUT2D eigenvalue weighted by Gasteiger charge is 2.19. The molecular formula is C13H19N5O2. The number of hydrogen-bond donors (Lipinski definition) is 2. The van der Waals surface area contributed by atoms with Gasteiger partial charge >= 0.3 is 0 Å². The molecule has 20 heavy (non-hydrogen) atoms. The molecule has 0 atom stereocenters. The maximum absolute atomic E-state index is 12.1. The molecule has 2 heterocycles. The summed E-state index contributed by atoms with van der Waals surface area (Å²) in [5.74, 6) is 0.989. The van der Waals surface area contributed by atoms with E-state index in [1.54, 1.807) is 13.2 Å². The third kappa shape index (κ3) is 2.66. The molecule has 0 bridgehead atoms. The van der Waals surface area contributed by atoms with Crippen LogP contribution >= 0.6 is 0 Å². The minimum Gasteiger partial charge on any atom is -0.444 e. The second-order valence-corrected chi connectivity index (χ2v) is 4.44. The van der Waals surface area contributed by atoms with Crippen LogP contribution < -0.4 is 11.1 Å². The molecule has 0 aliphatic heterocycles. The molecule has 2 aromatic rings. The summed E-state index contributed by atoms with van der Waals surface area (Å²) in [5.41, 5.74) is 7.44. The Morgan fingerprint density at radius 3 is 2.75 bits per heavy atom. The zero-order valence-electron chi connectivity index (χ0n) is 11.9. The van der Waals surface area contributed by atoms with Gasteiger partial charge in [-0.15, -0.1) is 0 Å². The zero-order chi connectivity index (χ0) is 14.7. The SMILES string of the molecule is CCc1cnc(CNC(=O)c2c(N)c(CC)nn2C)o1. The molecule has 0 spiro atoms. The maximum Gasteiger partial charge on any atom is 0.272 e. The Morgan fingerprint density at radius 1 is 1.45 bits per heavy atom. The first kappa shape index (κ1) is 14.1. The van der Waals surface area contributed by atoms with E-state index in [1.807, 2.05) is 13.8 Å². The van der Waals surface area contributed by atoms with Gasteiger partial charge in [-0.05, 0) is 6.42 Å². The van der Waals surface area contributed by atoms with Gasteiger partial charge in [0.25, 0.3) is 5.91 Å². The molecule has 108 valence electrons. The second kappa shape index (κ2) is 5.77. The molecule has 3 N–H and O–H groups in total. The zero-order valence-corrected chi connectivity index (χ0v) is 11.9. The lowest BCUT2D eigenvalue weighted by Gasteiger charge is -2.04. The number of carbonyl (C=O) groups excluding carboxylic acids is 1. The van der Waals surface area contributed by atoms with E-state index < -0.39 is 0 Å². The molecule has 0 radical (unpaired) electrons. The van der Waals surface area contributed by atoms with Gasteiger partial charge in [0.15, 0.2) is 0 Å². The van der Waals surface area contributed by atoms with Crippen LogP contribution in [0.2, 0.25) is 0 Å². The third-order valence-electron chi connectivity index (χ3n) is 3.06. The number of amides is 1. The van der Waals surface area contributed by atoms with Crippen molar-refractivity contribution >= 4 is 11.6 Å². The number of aromatic nitrogens is 3. The van der Waals surface area contributed by atoms with Crippen molar-refractivity contribution in [3.05, 3.63) is 29.2 Å². The van der Waals surface area contributed by atoms with Crippen molar-refractivity contribution in [3.8, 4) is 0 Å². The van der Waals surface area contributed by atoms with Crippen molar-refractivity contribution in [2.24, 2.45) is 7.05 Å². The largest absolute Gasteiger partial charge is 0.444 e. The molecular weight excluding hydrogens is 258 g/mol. The third-order valence-corrected chi connectivity index (χ3v) is 3.06. The van der Waals surface area contributed by atoms with Crippen LogP contribution in [0.15, 0.2) is 10.6 Å². The molecule has 0 aliphatic rings. The summed E-state index contributed by atoms with van der Waals surface area (Å²) in [7, 11) is 1.70. The summed E-state index contributed by atoms with van der Waals surface area (Å²) in [4.78, 5) is 16.2. The lowest BCUT2D eigenvalue weighted by molar-refractivity contribution is 0.0938. The Bertz CT molecular complexity index is 614. The summed E-state index contributed by atoms with van der Waals surface area (Å²) in [5, 5.41) is 6.95. The highest BCUT2D eigenvalue weighted by atomic mass is 16.4. The number of nitrogens with zero attached hydrogens (tertiary/aromatic N) is 3. The van der Waals surface area contributed by atoms with Crippen molar-refractivity contribution in [2.45, 2.75) is 33.2 Å². The fourth-order valence-electron chi connectivity index (χ4n) is 1.96. The van der Waals surface area contributed by atoms with Crippen molar-refractivity contribution < 1.29 is 9.21 Å². The first-order valence-corrected chi connectivity index (χ1v) is 6.59. The molecule has 0 aromatic carbocycles. The molecule has 1 amide bonds. The number of nitrogens with one attached hydrogen (secondary N) is 1. The van der Waals surface area contributed by atoms with Crippen molar-refractivity contribution in [3.63, 3.8) is 0 Å². The smallest absolute Gasteiger partial charge is 0.272 e. The number of anilines is 1. The Morgan fingerprint density at radius 2 is 2.20 bits per heavy atom. The van der Waals surface area contributed by atoms with Crippen LogP contribution in [0.3, 0.4) is 0 Å². The van der Waals surface area contributed by atoms with E-state index in [1.165, 1.54) is 4.68 Å². The molecule has 0 unspecified atom stereocenters. The van der Waals surface area contributed by atoms with Gasteiger partial charge in [-0.3, -0.25) is 9.48 Å². The first-order chi connectivity index (χ1) is 9.56. The van der Waals surface area contributed by atoms with E-state index in [-0.39, 0.29) is 12.5 Å². The quantitative estimate of drug-likeness (QED) is 0.851. The van der Waals surface area contributed by atoms with Crippen LogP contribution in [0.4, 0.5) is 5.69 Å². The van der Waals surface area contributed by atoms with Gasteiger partial charge in [0.2, 0.25) is 5.89 Å².